The van der Waals surface area contributed by atoms with Crippen molar-refractivity contribution in [2.75, 3.05) is 7.05 Å². The molecule has 0 amide bonds. The third-order valence-corrected chi connectivity index (χ3v) is 6.02. The van der Waals surface area contributed by atoms with E-state index in [9.17, 15) is 0 Å². The van der Waals surface area contributed by atoms with E-state index in [0.29, 0.717) is 6.04 Å². The summed E-state index contributed by atoms with van der Waals surface area (Å²) in [5.74, 6) is 0.986. The van der Waals surface area contributed by atoms with Crippen LogP contribution in [0.5, 0.6) is 0 Å². The van der Waals surface area contributed by atoms with Crippen LogP contribution >= 0.6 is 0 Å². The van der Waals surface area contributed by atoms with Crippen molar-refractivity contribution < 1.29 is 0 Å². The Hall–Kier alpha value is -0.820. The molecule has 0 aromatic heterocycles. The summed E-state index contributed by atoms with van der Waals surface area (Å²) >= 11 is 0. The molecule has 1 aliphatic rings. The number of rotatable bonds is 5. The van der Waals surface area contributed by atoms with E-state index >= 15 is 0 Å². The maximum atomic E-state index is 2.64. The Kier molecular flexibility index (Phi) is 6.31. The van der Waals surface area contributed by atoms with Crippen LogP contribution in [0.15, 0.2) is 24.3 Å². The van der Waals surface area contributed by atoms with Gasteiger partial charge in [-0.15, -0.1) is 0 Å². The van der Waals surface area contributed by atoms with Gasteiger partial charge < -0.3 is 4.90 Å². The lowest BCUT2D eigenvalue weighted by Crippen LogP contribution is -2.41. The van der Waals surface area contributed by atoms with Crippen LogP contribution in [0.3, 0.4) is 0 Å². The Morgan fingerprint density at radius 1 is 1.04 bits per heavy atom. The molecule has 0 spiro atoms. The first-order chi connectivity index (χ1) is 10.8. The van der Waals surface area contributed by atoms with Crippen LogP contribution < -0.4 is 0 Å². The van der Waals surface area contributed by atoms with Crippen LogP contribution in [0.2, 0.25) is 0 Å². The number of likely N-dealkylation sites (N-methyl/N-ethyl adjacent to an activating group) is 1. The maximum absolute atomic E-state index is 2.64. The number of hydrogen-bond donors (Lipinski definition) is 0. The van der Waals surface area contributed by atoms with Gasteiger partial charge in [0.25, 0.3) is 0 Å². The Balaban J connectivity index is 1.89. The zero-order valence-electron chi connectivity index (χ0n) is 16.2. The minimum Gasteiger partial charge on any atom is -0.300 e. The van der Waals surface area contributed by atoms with E-state index in [0.717, 1.165) is 18.4 Å². The second-order valence-electron chi connectivity index (χ2n) is 8.75. The molecule has 130 valence electrons. The lowest BCUT2D eigenvalue weighted by molar-refractivity contribution is 0.126. The smallest absolute Gasteiger partial charge is 0.0107 e. The fraction of sp³-hybridized carbons (Fsp3) is 0.727. The summed E-state index contributed by atoms with van der Waals surface area (Å²) in [6.07, 6.45) is 8.17. The van der Waals surface area contributed by atoms with E-state index in [4.69, 9.17) is 0 Å². The molecule has 1 aromatic rings. The van der Waals surface area contributed by atoms with Crippen LogP contribution in [-0.4, -0.2) is 24.0 Å². The van der Waals surface area contributed by atoms with Gasteiger partial charge in [-0.1, -0.05) is 58.4 Å². The molecule has 2 rings (SSSR count). The van der Waals surface area contributed by atoms with E-state index in [1.54, 1.807) is 0 Å². The van der Waals surface area contributed by atoms with E-state index in [2.05, 4.69) is 70.8 Å². The molecule has 0 saturated heterocycles. The summed E-state index contributed by atoms with van der Waals surface area (Å²) in [6, 6.07) is 10.7. The SMILES string of the molecule is CCC1CCC(N(C)C(C)Cc2ccc(C(C)(C)C)cc2)CC1. The van der Waals surface area contributed by atoms with Gasteiger partial charge in [0.15, 0.2) is 0 Å². The lowest BCUT2D eigenvalue weighted by Gasteiger charge is -2.38. The molecule has 23 heavy (non-hydrogen) atoms. The van der Waals surface area contributed by atoms with Crippen LogP contribution in [0.1, 0.15) is 77.8 Å². The molecule has 1 aliphatic carbocycles. The van der Waals surface area contributed by atoms with Crippen LogP contribution in [-0.2, 0) is 11.8 Å². The second-order valence-corrected chi connectivity index (χ2v) is 8.75. The predicted molar refractivity (Wildman–Crippen MR) is 102 cm³/mol. The van der Waals surface area contributed by atoms with Crippen molar-refractivity contribution >= 4 is 0 Å². The van der Waals surface area contributed by atoms with Crippen molar-refractivity contribution in [3.63, 3.8) is 0 Å². The third kappa shape index (κ3) is 5.08. The van der Waals surface area contributed by atoms with E-state index in [-0.39, 0.29) is 5.41 Å². The summed E-state index contributed by atoms with van der Waals surface area (Å²) < 4.78 is 0. The standard InChI is InChI=1S/C22H37N/c1-7-18-10-14-21(15-11-18)23(6)17(2)16-19-8-12-20(13-9-19)22(3,4)5/h8-9,12-13,17-18,21H,7,10-11,14-16H2,1-6H3. The molecule has 1 atom stereocenters. The highest BCUT2D eigenvalue weighted by atomic mass is 15.2. The van der Waals surface area contributed by atoms with E-state index in [1.165, 1.54) is 43.2 Å². The number of benzene rings is 1. The molecule has 1 unspecified atom stereocenters. The van der Waals surface area contributed by atoms with Crippen molar-refractivity contribution in [1.82, 2.24) is 4.90 Å². The zero-order valence-corrected chi connectivity index (χ0v) is 16.2. The van der Waals surface area contributed by atoms with Gasteiger partial charge in [-0.3, -0.25) is 0 Å². The Bertz CT molecular complexity index is 460. The highest BCUT2D eigenvalue weighted by molar-refractivity contribution is 5.27. The topological polar surface area (TPSA) is 3.24 Å². The maximum Gasteiger partial charge on any atom is 0.0107 e. The van der Waals surface area contributed by atoms with Gasteiger partial charge in [0.2, 0.25) is 0 Å². The number of hydrogen-bond acceptors (Lipinski definition) is 1. The van der Waals surface area contributed by atoms with Crippen molar-refractivity contribution in [2.45, 2.75) is 90.6 Å². The quantitative estimate of drug-likeness (QED) is 0.662. The van der Waals surface area contributed by atoms with E-state index < -0.39 is 0 Å². The molecule has 1 heteroatoms. The van der Waals surface area contributed by atoms with E-state index in [1.807, 2.05) is 0 Å². The summed E-state index contributed by atoms with van der Waals surface area (Å²) in [4.78, 5) is 2.64. The third-order valence-electron chi connectivity index (χ3n) is 6.02. The van der Waals surface area contributed by atoms with Gasteiger partial charge in [-0.2, -0.15) is 0 Å². The first-order valence-corrected chi connectivity index (χ1v) is 9.62. The zero-order chi connectivity index (χ0) is 17.0. The fourth-order valence-electron chi connectivity index (χ4n) is 3.95. The molecule has 0 bridgehead atoms. The molecule has 0 N–H and O–H groups in total. The highest BCUT2D eigenvalue weighted by Crippen LogP contribution is 2.30. The van der Waals surface area contributed by atoms with Crippen LogP contribution in [0, 0.1) is 5.92 Å². The van der Waals surface area contributed by atoms with Gasteiger partial charge in [-0.05, 0) is 68.5 Å². The monoisotopic (exact) mass is 315 g/mol. The molecule has 1 aromatic carbocycles. The van der Waals surface area contributed by atoms with Gasteiger partial charge in [0, 0.05) is 12.1 Å². The van der Waals surface area contributed by atoms with Crippen molar-refractivity contribution in [2.24, 2.45) is 5.92 Å². The van der Waals surface area contributed by atoms with Gasteiger partial charge in [0.1, 0.15) is 0 Å². The molecular weight excluding hydrogens is 278 g/mol. The average Bonchev–Trinajstić information content (AvgIpc) is 2.54. The summed E-state index contributed by atoms with van der Waals surface area (Å²) in [5, 5.41) is 0. The lowest BCUT2D eigenvalue weighted by atomic mass is 9.83. The highest BCUT2D eigenvalue weighted by Gasteiger charge is 2.25. The Morgan fingerprint density at radius 2 is 1.61 bits per heavy atom. The molecule has 0 heterocycles. The van der Waals surface area contributed by atoms with Gasteiger partial charge in [0.05, 0.1) is 0 Å². The summed E-state index contributed by atoms with van der Waals surface area (Å²) in [5.41, 5.74) is 3.15. The normalized spacial score (nSPS) is 24.0. The summed E-state index contributed by atoms with van der Waals surface area (Å²) in [7, 11) is 2.34. The van der Waals surface area contributed by atoms with Crippen LogP contribution in [0.4, 0.5) is 0 Å². The van der Waals surface area contributed by atoms with Crippen LogP contribution in [0.25, 0.3) is 0 Å². The first kappa shape index (κ1) is 18.5. The average molecular weight is 316 g/mol. The molecular formula is C22H37N. The molecule has 0 radical (unpaired) electrons. The Morgan fingerprint density at radius 3 is 2.09 bits per heavy atom. The predicted octanol–water partition coefficient (Wildman–Crippen LogP) is 5.82. The van der Waals surface area contributed by atoms with Gasteiger partial charge in [-0.25, -0.2) is 0 Å². The molecule has 0 aliphatic heterocycles. The minimum atomic E-state index is 0.249. The Labute approximate surface area is 144 Å². The minimum absolute atomic E-state index is 0.249. The van der Waals surface area contributed by atoms with Crippen molar-refractivity contribution in [3.8, 4) is 0 Å². The van der Waals surface area contributed by atoms with Crippen molar-refractivity contribution in [3.05, 3.63) is 35.4 Å². The first-order valence-electron chi connectivity index (χ1n) is 9.62. The second kappa shape index (κ2) is 7.83. The molecule has 1 saturated carbocycles. The molecule has 1 fully saturated rings. The van der Waals surface area contributed by atoms with Crippen molar-refractivity contribution in [1.29, 1.82) is 0 Å². The summed E-state index contributed by atoms with van der Waals surface area (Å²) in [6.45, 7) is 11.6. The largest absolute Gasteiger partial charge is 0.300 e. The fourth-order valence-corrected chi connectivity index (χ4v) is 3.95. The molecule has 1 nitrogen and oxygen atoms in total. The number of nitrogens with zero attached hydrogens (tertiary/aromatic N) is 1. The van der Waals surface area contributed by atoms with Gasteiger partial charge >= 0.3 is 0 Å².